The van der Waals surface area contributed by atoms with Crippen LogP contribution in [0, 0.1) is 0 Å². The SMILES string of the molecule is OC1CCC=C(c2ccccc2)C1. The monoisotopic (exact) mass is 174 g/mol. The number of allylic oxidation sites excluding steroid dienone is 1. The van der Waals surface area contributed by atoms with Gasteiger partial charge in [-0.15, -0.1) is 0 Å². The van der Waals surface area contributed by atoms with Gasteiger partial charge in [0.15, 0.2) is 0 Å². The van der Waals surface area contributed by atoms with Gasteiger partial charge in [0.05, 0.1) is 6.10 Å². The van der Waals surface area contributed by atoms with Crippen LogP contribution in [0.4, 0.5) is 0 Å². The fraction of sp³-hybridized carbons (Fsp3) is 0.333. The average Bonchev–Trinajstić information content (AvgIpc) is 2.19. The summed E-state index contributed by atoms with van der Waals surface area (Å²) in [6, 6.07) is 10.3. The Balaban J connectivity index is 2.22. The van der Waals surface area contributed by atoms with E-state index in [1.807, 2.05) is 18.2 Å². The molecule has 2 rings (SSSR count). The van der Waals surface area contributed by atoms with Gasteiger partial charge in [0.25, 0.3) is 0 Å². The van der Waals surface area contributed by atoms with Crippen molar-refractivity contribution < 1.29 is 5.11 Å². The number of hydrogen-bond donors (Lipinski definition) is 1. The molecule has 1 aliphatic carbocycles. The second-order valence-electron chi connectivity index (χ2n) is 3.53. The van der Waals surface area contributed by atoms with Crippen molar-refractivity contribution in [3.05, 3.63) is 42.0 Å². The van der Waals surface area contributed by atoms with Gasteiger partial charge in [-0.2, -0.15) is 0 Å². The van der Waals surface area contributed by atoms with Crippen LogP contribution in [0.1, 0.15) is 24.8 Å². The number of hydrogen-bond acceptors (Lipinski definition) is 1. The topological polar surface area (TPSA) is 20.2 Å². The van der Waals surface area contributed by atoms with Crippen LogP contribution in [0.2, 0.25) is 0 Å². The lowest BCUT2D eigenvalue weighted by Crippen LogP contribution is -2.10. The molecular weight excluding hydrogens is 160 g/mol. The fourth-order valence-electron chi connectivity index (χ4n) is 1.78. The first kappa shape index (κ1) is 8.52. The van der Waals surface area contributed by atoms with E-state index in [9.17, 15) is 5.11 Å². The second kappa shape index (κ2) is 3.75. The molecule has 1 N–H and O–H groups in total. The van der Waals surface area contributed by atoms with Crippen LogP contribution in [0.15, 0.2) is 36.4 Å². The molecule has 0 radical (unpaired) electrons. The predicted molar refractivity (Wildman–Crippen MR) is 54.3 cm³/mol. The molecule has 13 heavy (non-hydrogen) atoms. The maximum atomic E-state index is 9.50. The summed E-state index contributed by atoms with van der Waals surface area (Å²) in [5.74, 6) is 0. The molecule has 1 aromatic rings. The van der Waals surface area contributed by atoms with E-state index in [1.54, 1.807) is 0 Å². The van der Waals surface area contributed by atoms with Gasteiger partial charge in [-0.1, -0.05) is 36.4 Å². The summed E-state index contributed by atoms with van der Waals surface area (Å²) < 4.78 is 0. The number of benzene rings is 1. The van der Waals surface area contributed by atoms with Crippen LogP contribution in [0.5, 0.6) is 0 Å². The summed E-state index contributed by atoms with van der Waals surface area (Å²) >= 11 is 0. The molecule has 0 heterocycles. The summed E-state index contributed by atoms with van der Waals surface area (Å²) in [5, 5.41) is 9.50. The zero-order valence-electron chi connectivity index (χ0n) is 7.61. The molecule has 1 atom stereocenters. The molecule has 68 valence electrons. The van der Waals surface area contributed by atoms with Crippen molar-refractivity contribution in [2.24, 2.45) is 0 Å². The Morgan fingerprint density at radius 1 is 1.15 bits per heavy atom. The normalized spacial score (nSPS) is 22.5. The molecular formula is C12H14O. The number of rotatable bonds is 1. The van der Waals surface area contributed by atoms with Gasteiger partial charge in [-0.3, -0.25) is 0 Å². The van der Waals surface area contributed by atoms with E-state index in [0.29, 0.717) is 0 Å². The lowest BCUT2D eigenvalue weighted by molar-refractivity contribution is 0.167. The third-order valence-electron chi connectivity index (χ3n) is 2.49. The van der Waals surface area contributed by atoms with E-state index < -0.39 is 0 Å². The molecule has 0 fully saturated rings. The lowest BCUT2D eigenvalue weighted by Gasteiger charge is -2.18. The smallest absolute Gasteiger partial charge is 0.0583 e. The van der Waals surface area contributed by atoms with Crippen LogP contribution in [0.25, 0.3) is 5.57 Å². The van der Waals surface area contributed by atoms with Crippen molar-refractivity contribution in [3.8, 4) is 0 Å². The third kappa shape index (κ3) is 1.99. The van der Waals surface area contributed by atoms with Gasteiger partial charge in [-0.25, -0.2) is 0 Å². The highest BCUT2D eigenvalue weighted by molar-refractivity contribution is 5.66. The van der Waals surface area contributed by atoms with Crippen molar-refractivity contribution in [2.45, 2.75) is 25.4 Å². The summed E-state index contributed by atoms with van der Waals surface area (Å²) in [4.78, 5) is 0. The zero-order chi connectivity index (χ0) is 9.10. The molecule has 1 unspecified atom stereocenters. The van der Waals surface area contributed by atoms with Crippen molar-refractivity contribution in [1.82, 2.24) is 0 Å². The minimum absolute atomic E-state index is 0.139. The third-order valence-corrected chi connectivity index (χ3v) is 2.49. The number of aliphatic hydroxyl groups is 1. The Morgan fingerprint density at radius 2 is 1.92 bits per heavy atom. The van der Waals surface area contributed by atoms with Crippen molar-refractivity contribution in [1.29, 1.82) is 0 Å². The first-order chi connectivity index (χ1) is 6.36. The fourth-order valence-corrected chi connectivity index (χ4v) is 1.78. The molecule has 1 aromatic carbocycles. The van der Waals surface area contributed by atoms with E-state index in [1.165, 1.54) is 11.1 Å². The molecule has 0 bridgehead atoms. The summed E-state index contributed by atoms with van der Waals surface area (Å²) in [6.07, 6.45) is 4.83. The largest absolute Gasteiger partial charge is 0.393 e. The van der Waals surface area contributed by atoms with E-state index in [-0.39, 0.29) is 6.10 Å². The highest BCUT2D eigenvalue weighted by atomic mass is 16.3. The van der Waals surface area contributed by atoms with Crippen LogP contribution in [-0.4, -0.2) is 11.2 Å². The molecule has 1 aliphatic rings. The first-order valence-electron chi connectivity index (χ1n) is 4.79. The van der Waals surface area contributed by atoms with Gasteiger partial charge in [0.1, 0.15) is 0 Å². The van der Waals surface area contributed by atoms with Crippen molar-refractivity contribution in [2.75, 3.05) is 0 Å². The molecule has 0 saturated heterocycles. The Kier molecular flexibility index (Phi) is 2.46. The van der Waals surface area contributed by atoms with Crippen molar-refractivity contribution >= 4 is 5.57 Å². The standard InChI is InChI=1S/C12H14O/c13-12-8-4-7-11(9-12)10-5-2-1-3-6-10/h1-3,5-7,12-13H,4,8-9H2. The molecule has 0 amide bonds. The quantitative estimate of drug-likeness (QED) is 0.694. The Labute approximate surface area is 78.7 Å². The van der Waals surface area contributed by atoms with E-state index >= 15 is 0 Å². The van der Waals surface area contributed by atoms with Gasteiger partial charge < -0.3 is 5.11 Å². The molecule has 0 aliphatic heterocycles. The van der Waals surface area contributed by atoms with E-state index in [2.05, 4.69) is 18.2 Å². The first-order valence-corrected chi connectivity index (χ1v) is 4.79. The predicted octanol–water partition coefficient (Wildman–Crippen LogP) is 2.61. The van der Waals surface area contributed by atoms with E-state index in [0.717, 1.165) is 19.3 Å². The van der Waals surface area contributed by atoms with Gasteiger partial charge in [-0.05, 0) is 30.4 Å². The zero-order valence-corrected chi connectivity index (χ0v) is 7.61. The molecule has 1 nitrogen and oxygen atoms in total. The Hall–Kier alpha value is -1.08. The molecule has 1 heteroatoms. The molecule has 0 spiro atoms. The molecule has 0 saturated carbocycles. The average molecular weight is 174 g/mol. The number of aliphatic hydroxyl groups excluding tert-OH is 1. The Morgan fingerprint density at radius 3 is 2.62 bits per heavy atom. The van der Waals surface area contributed by atoms with Crippen LogP contribution in [-0.2, 0) is 0 Å². The van der Waals surface area contributed by atoms with Gasteiger partial charge in [0.2, 0.25) is 0 Å². The Bertz CT molecular complexity index is 300. The second-order valence-corrected chi connectivity index (χ2v) is 3.53. The van der Waals surface area contributed by atoms with Gasteiger partial charge in [0, 0.05) is 0 Å². The van der Waals surface area contributed by atoms with Crippen LogP contribution in [0.3, 0.4) is 0 Å². The van der Waals surface area contributed by atoms with Crippen LogP contribution < -0.4 is 0 Å². The lowest BCUT2D eigenvalue weighted by atomic mass is 9.92. The van der Waals surface area contributed by atoms with Crippen molar-refractivity contribution in [3.63, 3.8) is 0 Å². The summed E-state index contributed by atoms with van der Waals surface area (Å²) in [7, 11) is 0. The minimum Gasteiger partial charge on any atom is -0.393 e. The highest BCUT2D eigenvalue weighted by Crippen LogP contribution is 2.26. The van der Waals surface area contributed by atoms with Crippen LogP contribution >= 0.6 is 0 Å². The maximum Gasteiger partial charge on any atom is 0.0583 e. The highest BCUT2D eigenvalue weighted by Gasteiger charge is 2.12. The van der Waals surface area contributed by atoms with Gasteiger partial charge >= 0.3 is 0 Å². The maximum absolute atomic E-state index is 9.50. The summed E-state index contributed by atoms with van der Waals surface area (Å²) in [5.41, 5.74) is 2.54. The van der Waals surface area contributed by atoms with E-state index in [4.69, 9.17) is 0 Å². The molecule has 0 aromatic heterocycles. The summed E-state index contributed by atoms with van der Waals surface area (Å²) in [6.45, 7) is 0. The minimum atomic E-state index is -0.139.